The van der Waals surface area contributed by atoms with Crippen molar-refractivity contribution in [2.75, 3.05) is 12.4 Å². The van der Waals surface area contributed by atoms with Gasteiger partial charge in [0.05, 0.1) is 24.8 Å². The highest BCUT2D eigenvalue weighted by Crippen LogP contribution is 2.13. The van der Waals surface area contributed by atoms with E-state index in [1.807, 2.05) is 31.2 Å². The number of esters is 1. The number of methoxy groups -OCH3 is 1. The molecule has 0 atom stereocenters. The Bertz CT molecular complexity index is 1070. The van der Waals surface area contributed by atoms with Gasteiger partial charge in [-0.2, -0.15) is 0 Å². The molecule has 3 rings (SSSR count). The predicted octanol–water partition coefficient (Wildman–Crippen LogP) is 3.24. The lowest BCUT2D eigenvalue weighted by molar-refractivity contribution is 0.0600. The maximum Gasteiger partial charge on any atom is 0.337 e. The van der Waals surface area contributed by atoms with E-state index in [0.717, 1.165) is 11.1 Å². The first-order valence-corrected chi connectivity index (χ1v) is 8.72. The van der Waals surface area contributed by atoms with E-state index in [1.54, 1.807) is 30.5 Å². The van der Waals surface area contributed by atoms with Crippen molar-refractivity contribution in [3.63, 3.8) is 0 Å². The van der Waals surface area contributed by atoms with Crippen molar-refractivity contribution in [1.82, 2.24) is 4.57 Å². The van der Waals surface area contributed by atoms with E-state index in [-0.39, 0.29) is 11.5 Å². The Kier molecular flexibility index (Phi) is 5.69. The van der Waals surface area contributed by atoms with Gasteiger partial charge in [0.2, 0.25) is 0 Å². The fraction of sp³-hybridized carbons (Fsp3) is 0.136. The summed E-state index contributed by atoms with van der Waals surface area (Å²) < 4.78 is 6.16. The third kappa shape index (κ3) is 4.35. The molecule has 3 aromatic rings. The topological polar surface area (TPSA) is 77.4 Å². The summed E-state index contributed by atoms with van der Waals surface area (Å²) in [6.45, 7) is 2.37. The zero-order valence-corrected chi connectivity index (χ0v) is 15.6. The molecule has 1 amide bonds. The number of anilines is 1. The quantitative estimate of drug-likeness (QED) is 0.694. The summed E-state index contributed by atoms with van der Waals surface area (Å²) in [6, 6.07) is 17.1. The van der Waals surface area contributed by atoms with Crippen molar-refractivity contribution in [2.45, 2.75) is 13.5 Å². The predicted molar refractivity (Wildman–Crippen MR) is 107 cm³/mol. The van der Waals surface area contributed by atoms with Gasteiger partial charge in [-0.25, -0.2) is 4.79 Å². The van der Waals surface area contributed by atoms with E-state index in [2.05, 4.69) is 10.1 Å². The Morgan fingerprint density at radius 1 is 0.964 bits per heavy atom. The van der Waals surface area contributed by atoms with Crippen LogP contribution in [0.15, 0.2) is 71.7 Å². The summed E-state index contributed by atoms with van der Waals surface area (Å²) in [4.78, 5) is 36.2. The van der Waals surface area contributed by atoms with Crippen molar-refractivity contribution in [3.05, 3.63) is 99.5 Å². The summed E-state index contributed by atoms with van der Waals surface area (Å²) in [5.74, 6) is -0.787. The number of pyridine rings is 1. The number of ether oxygens (including phenoxy) is 1. The monoisotopic (exact) mass is 376 g/mol. The highest BCUT2D eigenvalue weighted by atomic mass is 16.5. The lowest BCUT2D eigenvalue weighted by atomic mass is 10.1. The Morgan fingerprint density at radius 2 is 1.64 bits per heavy atom. The first-order valence-electron chi connectivity index (χ1n) is 8.72. The summed E-state index contributed by atoms with van der Waals surface area (Å²) >= 11 is 0. The second-order valence-corrected chi connectivity index (χ2v) is 6.33. The minimum Gasteiger partial charge on any atom is -0.465 e. The number of nitrogens with one attached hydrogen (secondary N) is 1. The number of aromatic nitrogens is 1. The molecule has 0 aliphatic heterocycles. The number of carbonyl (C=O) groups is 2. The minimum absolute atomic E-state index is 0.178. The lowest BCUT2D eigenvalue weighted by Gasteiger charge is -2.11. The molecule has 0 aliphatic carbocycles. The van der Waals surface area contributed by atoms with Gasteiger partial charge in [0, 0.05) is 18.0 Å². The van der Waals surface area contributed by atoms with Crippen LogP contribution >= 0.6 is 0 Å². The van der Waals surface area contributed by atoms with Crippen LogP contribution in [-0.4, -0.2) is 23.6 Å². The third-order valence-corrected chi connectivity index (χ3v) is 4.41. The van der Waals surface area contributed by atoms with Crippen LogP contribution in [-0.2, 0) is 11.3 Å². The second kappa shape index (κ2) is 8.35. The van der Waals surface area contributed by atoms with E-state index in [1.165, 1.54) is 23.8 Å². The van der Waals surface area contributed by atoms with Gasteiger partial charge in [0.1, 0.15) is 0 Å². The molecule has 0 aliphatic rings. The van der Waals surface area contributed by atoms with Gasteiger partial charge in [0.15, 0.2) is 0 Å². The van der Waals surface area contributed by atoms with Crippen LogP contribution in [0.25, 0.3) is 0 Å². The molecular formula is C22H20N2O4. The van der Waals surface area contributed by atoms with Crippen molar-refractivity contribution in [2.24, 2.45) is 0 Å². The molecule has 2 aromatic carbocycles. The number of rotatable bonds is 5. The molecule has 0 radical (unpaired) electrons. The molecule has 142 valence electrons. The smallest absolute Gasteiger partial charge is 0.337 e. The fourth-order valence-electron chi connectivity index (χ4n) is 2.77. The highest BCUT2D eigenvalue weighted by Gasteiger charge is 2.10. The van der Waals surface area contributed by atoms with Crippen LogP contribution < -0.4 is 10.9 Å². The van der Waals surface area contributed by atoms with Crippen LogP contribution in [0.5, 0.6) is 0 Å². The van der Waals surface area contributed by atoms with Gasteiger partial charge in [-0.05, 0) is 48.4 Å². The summed E-state index contributed by atoms with van der Waals surface area (Å²) in [6.07, 6.45) is 1.55. The van der Waals surface area contributed by atoms with Gasteiger partial charge >= 0.3 is 5.97 Å². The fourth-order valence-corrected chi connectivity index (χ4v) is 2.77. The largest absolute Gasteiger partial charge is 0.465 e. The van der Waals surface area contributed by atoms with Crippen molar-refractivity contribution < 1.29 is 14.3 Å². The van der Waals surface area contributed by atoms with Gasteiger partial charge < -0.3 is 14.6 Å². The Morgan fingerprint density at radius 3 is 2.32 bits per heavy atom. The highest BCUT2D eigenvalue weighted by molar-refractivity contribution is 6.04. The normalized spacial score (nSPS) is 10.4. The van der Waals surface area contributed by atoms with Crippen LogP contribution in [0.1, 0.15) is 31.8 Å². The molecule has 0 saturated carbocycles. The molecule has 0 saturated heterocycles. The van der Waals surface area contributed by atoms with Crippen LogP contribution in [0.4, 0.5) is 5.69 Å². The molecule has 6 heteroatoms. The van der Waals surface area contributed by atoms with Gasteiger partial charge in [0.25, 0.3) is 11.5 Å². The number of hydrogen-bond acceptors (Lipinski definition) is 4. The molecule has 0 spiro atoms. The third-order valence-electron chi connectivity index (χ3n) is 4.41. The molecule has 0 unspecified atom stereocenters. The number of nitrogens with zero attached hydrogens (tertiary/aromatic N) is 1. The van der Waals surface area contributed by atoms with Crippen molar-refractivity contribution in [3.8, 4) is 0 Å². The van der Waals surface area contributed by atoms with Crippen molar-refractivity contribution >= 4 is 17.6 Å². The van der Waals surface area contributed by atoms with Gasteiger partial charge in [-0.15, -0.1) is 0 Å². The number of hydrogen-bond donors (Lipinski definition) is 1. The Balaban J connectivity index is 1.78. The van der Waals surface area contributed by atoms with E-state index in [0.29, 0.717) is 23.4 Å². The van der Waals surface area contributed by atoms with E-state index in [4.69, 9.17) is 0 Å². The van der Waals surface area contributed by atoms with E-state index in [9.17, 15) is 14.4 Å². The van der Waals surface area contributed by atoms with Crippen LogP contribution in [0.2, 0.25) is 0 Å². The van der Waals surface area contributed by atoms with Crippen molar-refractivity contribution in [1.29, 1.82) is 0 Å². The molecule has 28 heavy (non-hydrogen) atoms. The van der Waals surface area contributed by atoms with E-state index < -0.39 is 5.97 Å². The minimum atomic E-state index is -0.443. The number of carbonyl (C=O) groups excluding carboxylic acids is 2. The summed E-state index contributed by atoms with van der Waals surface area (Å²) in [5.41, 5.74) is 3.21. The maximum atomic E-state index is 12.6. The Hall–Kier alpha value is -3.67. The zero-order chi connectivity index (χ0) is 20.1. The summed E-state index contributed by atoms with van der Waals surface area (Å²) in [7, 11) is 1.31. The average molecular weight is 376 g/mol. The SMILES string of the molecule is COC(=O)c1ccc(NC(=O)c2ccc(=O)n(Cc3ccccc3C)c2)cc1. The van der Waals surface area contributed by atoms with Crippen LogP contribution in [0.3, 0.4) is 0 Å². The maximum absolute atomic E-state index is 12.6. The molecular weight excluding hydrogens is 356 g/mol. The van der Waals surface area contributed by atoms with Gasteiger partial charge in [-0.3, -0.25) is 9.59 Å². The standard InChI is InChI=1S/C22H20N2O4/c1-15-5-3-4-6-17(15)13-24-14-18(9-12-20(24)25)21(26)23-19-10-7-16(8-11-19)22(27)28-2/h3-12,14H,13H2,1-2H3,(H,23,26). The molecule has 1 heterocycles. The number of amides is 1. The lowest BCUT2D eigenvalue weighted by Crippen LogP contribution is -2.22. The second-order valence-electron chi connectivity index (χ2n) is 6.33. The summed E-state index contributed by atoms with van der Waals surface area (Å²) in [5, 5.41) is 2.76. The molecule has 1 N–H and O–H groups in total. The first kappa shape index (κ1) is 19.1. The molecule has 6 nitrogen and oxygen atoms in total. The number of benzene rings is 2. The first-order chi connectivity index (χ1) is 13.5. The van der Waals surface area contributed by atoms with E-state index >= 15 is 0 Å². The average Bonchev–Trinajstić information content (AvgIpc) is 2.71. The molecule has 1 aromatic heterocycles. The zero-order valence-electron chi connectivity index (χ0n) is 15.6. The van der Waals surface area contributed by atoms with Crippen LogP contribution in [0, 0.1) is 6.92 Å². The molecule has 0 bridgehead atoms. The molecule has 0 fully saturated rings. The Labute approximate surface area is 162 Å². The number of aryl methyl sites for hydroxylation is 1. The van der Waals surface area contributed by atoms with Gasteiger partial charge in [-0.1, -0.05) is 24.3 Å².